The SMILES string of the molecule is CCC(C)CC(CC(CC(C)(CC(C)(C)C(=O)OCc1ccc2ccc3cccc4ccc1c2c34)C(=O)OC)(c1ccccc1)c1ccccc1)c1ccccc1. The van der Waals surface area contributed by atoms with E-state index in [0.717, 1.165) is 46.7 Å². The summed E-state index contributed by atoms with van der Waals surface area (Å²) >= 11 is 0. The standard InChI is InChI=1S/C53H56O4/c1-7-37(2)32-43(38-18-11-8-12-19-38)33-53(44-22-13-9-14-23-44,45-24-15-10-16-25-45)36-52(5,50(55)56-6)35-51(3,4)49(54)57-34-42-29-28-41-27-26-39-20-17-21-40-30-31-46(42)48(41)47(39)40/h8-31,37,43H,7,32-36H2,1-6H3. The van der Waals surface area contributed by atoms with Crippen molar-refractivity contribution in [1.82, 2.24) is 0 Å². The summed E-state index contributed by atoms with van der Waals surface area (Å²) in [6.45, 7) is 10.5. The van der Waals surface area contributed by atoms with Crippen LogP contribution in [0, 0.1) is 16.7 Å². The number of ether oxygens (including phenoxy) is 2. The van der Waals surface area contributed by atoms with Gasteiger partial charge in [0.1, 0.15) is 6.61 Å². The summed E-state index contributed by atoms with van der Waals surface area (Å²) in [5.74, 6) is 0.0528. The van der Waals surface area contributed by atoms with E-state index < -0.39 is 16.2 Å². The van der Waals surface area contributed by atoms with Crippen LogP contribution >= 0.6 is 0 Å². The second-order valence-corrected chi connectivity index (χ2v) is 17.3. The van der Waals surface area contributed by atoms with Crippen LogP contribution in [0.25, 0.3) is 32.3 Å². The van der Waals surface area contributed by atoms with Crippen molar-refractivity contribution >= 4 is 44.3 Å². The zero-order valence-electron chi connectivity index (χ0n) is 34.4. The molecule has 57 heavy (non-hydrogen) atoms. The van der Waals surface area contributed by atoms with E-state index in [1.165, 1.54) is 34.2 Å². The minimum atomic E-state index is -1.06. The molecule has 4 nitrogen and oxygen atoms in total. The quantitative estimate of drug-likeness (QED) is 0.0728. The van der Waals surface area contributed by atoms with E-state index in [0.29, 0.717) is 12.3 Å². The van der Waals surface area contributed by atoms with Crippen molar-refractivity contribution in [2.45, 2.75) is 84.7 Å². The summed E-state index contributed by atoms with van der Waals surface area (Å²) in [5.41, 5.74) is 1.87. The Hall–Kier alpha value is -5.48. The summed E-state index contributed by atoms with van der Waals surface area (Å²) < 4.78 is 11.9. The minimum absolute atomic E-state index is 0.137. The largest absolute Gasteiger partial charge is 0.469 e. The number of benzene rings is 7. The Bertz CT molecular complexity index is 2380. The maximum atomic E-state index is 14.4. The van der Waals surface area contributed by atoms with Crippen LogP contribution in [0.1, 0.15) is 94.9 Å². The van der Waals surface area contributed by atoms with Gasteiger partial charge in [-0.05, 0) is 113 Å². The van der Waals surface area contributed by atoms with Gasteiger partial charge in [0, 0.05) is 5.41 Å². The van der Waals surface area contributed by atoms with Gasteiger partial charge in [-0.2, -0.15) is 0 Å². The molecule has 7 aromatic rings. The highest BCUT2D eigenvalue weighted by Gasteiger charge is 2.50. The number of hydrogen-bond donors (Lipinski definition) is 0. The molecule has 0 aliphatic carbocycles. The van der Waals surface area contributed by atoms with E-state index in [-0.39, 0.29) is 30.9 Å². The number of carbonyl (C=O) groups is 2. The highest BCUT2D eigenvalue weighted by atomic mass is 16.5. The molecule has 3 unspecified atom stereocenters. The topological polar surface area (TPSA) is 52.6 Å². The molecule has 7 aromatic carbocycles. The number of esters is 2. The summed E-state index contributed by atoms with van der Waals surface area (Å²) in [4.78, 5) is 28.7. The maximum Gasteiger partial charge on any atom is 0.311 e. The Labute approximate surface area is 338 Å². The molecule has 0 radical (unpaired) electrons. The predicted octanol–water partition coefficient (Wildman–Crippen LogP) is 13.2. The molecule has 0 fully saturated rings. The molecule has 0 bridgehead atoms. The Morgan fingerprint density at radius 3 is 1.74 bits per heavy atom. The Kier molecular flexibility index (Phi) is 11.5. The number of carbonyl (C=O) groups excluding carboxylic acids is 2. The second-order valence-electron chi connectivity index (χ2n) is 17.3. The van der Waals surface area contributed by atoms with Crippen molar-refractivity contribution in [3.8, 4) is 0 Å². The number of hydrogen-bond acceptors (Lipinski definition) is 4. The van der Waals surface area contributed by atoms with Gasteiger partial charge in [-0.1, -0.05) is 166 Å². The van der Waals surface area contributed by atoms with Gasteiger partial charge >= 0.3 is 11.9 Å². The van der Waals surface area contributed by atoms with E-state index >= 15 is 0 Å². The van der Waals surface area contributed by atoms with Crippen molar-refractivity contribution in [3.05, 3.63) is 168 Å². The summed E-state index contributed by atoms with van der Waals surface area (Å²) in [6, 6.07) is 51.3. The van der Waals surface area contributed by atoms with Gasteiger partial charge in [-0.3, -0.25) is 9.59 Å². The fourth-order valence-electron chi connectivity index (χ4n) is 9.76. The highest BCUT2D eigenvalue weighted by Crippen LogP contribution is 2.53. The lowest BCUT2D eigenvalue weighted by atomic mass is 9.58. The van der Waals surface area contributed by atoms with Crippen molar-refractivity contribution < 1.29 is 19.1 Å². The molecule has 0 aliphatic heterocycles. The predicted molar refractivity (Wildman–Crippen MR) is 235 cm³/mol. The molecule has 0 saturated heterocycles. The van der Waals surface area contributed by atoms with E-state index in [2.05, 4.69) is 147 Å². The third-order valence-corrected chi connectivity index (χ3v) is 12.6. The second kappa shape index (κ2) is 16.5. The number of rotatable bonds is 16. The van der Waals surface area contributed by atoms with Crippen molar-refractivity contribution in [3.63, 3.8) is 0 Å². The highest BCUT2D eigenvalue weighted by molar-refractivity contribution is 6.23. The molecule has 0 amide bonds. The smallest absolute Gasteiger partial charge is 0.311 e. The lowest BCUT2D eigenvalue weighted by Gasteiger charge is -2.45. The van der Waals surface area contributed by atoms with Crippen LogP contribution in [0.15, 0.2) is 146 Å². The van der Waals surface area contributed by atoms with Gasteiger partial charge in [0.25, 0.3) is 0 Å². The summed E-state index contributed by atoms with van der Waals surface area (Å²) in [5, 5.41) is 7.06. The monoisotopic (exact) mass is 756 g/mol. The molecule has 0 aromatic heterocycles. The fraction of sp³-hybridized carbons (Fsp3) is 0.321. The Morgan fingerprint density at radius 2 is 1.16 bits per heavy atom. The fourth-order valence-corrected chi connectivity index (χ4v) is 9.76. The molecule has 292 valence electrons. The van der Waals surface area contributed by atoms with Crippen LogP contribution in [0.5, 0.6) is 0 Å². The molecule has 0 N–H and O–H groups in total. The number of methoxy groups -OCH3 is 1. The van der Waals surface area contributed by atoms with Crippen LogP contribution < -0.4 is 0 Å². The average Bonchev–Trinajstić information content (AvgIpc) is 3.24. The Morgan fingerprint density at radius 1 is 0.614 bits per heavy atom. The van der Waals surface area contributed by atoms with Gasteiger partial charge in [-0.15, -0.1) is 0 Å². The molecular weight excluding hydrogens is 701 g/mol. The molecule has 0 spiro atoms. The van der Waals surface area contributed by atoms with Gasteiger partial charge in [0.15, 0.2) is 0 Å². The van der Waals surface area contributed by atoms with Crippen LogP contribution in [0.3, 0.4) is 0 Å². The molecule has 0 heterocycles. The molecule has 4 heteroatoms. The lowest BCUT2D eigenvalue weighted by Crippen LogP contribution is -2.44. The molecule has 7 rings (SSSR count). The Balaban J connectivity index is 1.25. The maximum absolute atomic E-state index is 14.4. The zero-order chi connectivity index (χ0) is 40.2. The van der Waals surface area contributed by atoms with Gasteiger partial charge < -0.3 is 9.47 Å². The van der Waals surface area contributed by atoms with Crippen LogP contribution in [-0.2, 0) is 31.1 Å². The van der Waals surface area contributed by atoms with Crippen molar-refractivity contribution in [2.75, 3.05) is 7.11 Å². The van der Waals surface area contributed by atoms with Crippen LogP contribution in [0.4, 0.5) is 0 Å². The molecule has 3 atom stereocenters. The third-order valence-electron chi connectivity index (χ3n) is 12.6. The van der Waals surface area contributed by atoms with Crippen molar-refractivity contribution in [2.24, 2.45) is 16.7 Å². The van der Waals surface area contributed by atoms with E-state index in [1.807, 2.05) is 32.9 Å². The first kappa shape index (κ1) is 39.7. The van der Waals surface area contributed by atoms with Gasteiger partial charge in [0.05, 0.1) is 17.9 Å². The molecular formula is C53H56O4. The zero-order valence-corrected chi connectivity index (χ0v) is 34.4. The van der Waals surface area contributed by atoms with Crippen LogP contribution in [0.2, 0.25) is 0 Å². The first-order valence-corrected chi connectivity index (χ1v) is 20.5. The van der Waals surface area contributed by atoms with E-state index in [1.54, 1.807) is 0 Å². The van der Waals surface area contributed by atoms with E-state index in [4.69, 9.17) is 9.47 Å². The van der Waals surface area contributed by atoms with Crippen LogP contribution in [-0.4, -0.2) is 19.0 Å². The summed E-state index contributed by atoms with van der Waals surface area (Å²) in [6.07, 6.45) is 3.56. The van der Waals surface area contributed by atoms with Gasteiger partial charge in [0.2, 0.25) is 0 Å². The van der Waals surface area contributed by atoms with Crippen molar-refractivity contribution in [1.29, 1.82) is 0 Å². The average molecular weight is 757 g/mol. The normalized spacial score (nSPS) is 14.4. The minimum Gasteiger partial charge on any atom is -0.469 e. The summed E-state index contributed by atoms with van der Waals surface area (Å²) in [7, 11) is 1.46. The van der Waals surface area contributed by atoms with Gasteiger partial charge in [-0.25, -0.2) is 0 Å². The first-order valence-electron chi connectivity index (χ1n) is 20.5. The first-order chi connectivity index (χ1) is 27.5. The third kappa shape index (κ3) is 8.05. The molecule has 0 aliphatic rings. The lowest BCUT2D eigenvalue weighted by molar-refractivity contribution is -0.163. The van der Waals surface area contributed by atoms with E-state index in [9.17, 15) is 9.59 Å². The molecule has 0 saturated carbocycles.